The molecule has 2 atom stereocenters. The van der Waals surface area contributed by atoms with Crippen molar-refractivity contribution in [1.82, 2.24) is 4.57 Å². The highest BCUT2D eigenvalue weighted by molar-refractivity contribution is 6.32. The van der Waals surface area contributed by atoms with Crippen LogP contribution in [-0.4, -0.2) is 36.0 Å². The molecule has 1 fully saturated rings. The van der Waals surface area contributed by atoms with Crippen molar-refractivity contribution >= 4 is 17.6 Å². The van der Waals surface area contributed by atoms with Crippen molar-refractivity contribution in [1.29, 1.82) is 0 Å². The molecule has 30 heavy (non-hydrogen) atoms. The van der Waals surface area contributed by atoms with Crippen LogP contribution in [0.3, 0.4) is 0 Å². The number of halogens is 1. The molecule has 0 saturated heterocycles. The Hall–Kier alpha value is -2.31. The van der Waals surface area contributed by atoms with E-state index < -0.39 is 11.4 Å². The molecule has 1 aromatic carbocycles. The molecule has 0 spiro atoms. The van der Waals surface area contributed by atoms with Crippen molar-refractivity contribution in [3.8, 4) is 17.0 Å². The van der Waals surface area contributed by atoms with E-state index in [9.17, 15) is 14.7 Å². The average Bonchev–Trinajstić information content (AvgIpc) is 3.01. The summed E-state index contributed by atoms with van der Waals surface area (Å²) in [5.74, 6) is -0.371. The summed E-state index contributed by atoms with van der Waals surface area (Å²) in [6.45, 7) is 5.51. The van der Waals surface area contributed by atoms with Crippen LogP contribution in [0.4, 0.5) is 0 Å². The average molecular weight is 432 g/mol. The van der Waals surface area contributed by atoms with Crippen LogP contribution in [0.15, 0.2) is 29.2 Å². The van der Waals surface area contributed by atoms with Gasteiger partial charge in [0.15, 0.2) is 5.43 Å². The van der Waals surface area contributed by atoms with Gasteiger partial charge in [0.1, 0.15) is 11.3 Å². The third kappa shape index (κ3) is 3.42. The van der Waals surface area contributed by atoms with Gasteiger partial charge in [0.05, 0.1) is 17.3 Å². The predicted octanol–water partition coefficient (Wildman–Crippen LogP) is 4.74. The molecule has 1 N–H and O–H groups in total. The molecular weight excluding hydrogens is 406 g/mol. The Kier molecular flexibility index (Phi) is 5.41. The molecule has 1 unspecified atom stereocenters. The first-order valence-corrected chi connectivity index (χ1v) is 10.6. The number of fused-ring (bicyclic) bond motifs is 6. The minimum Gasteiger partial charge on any atom is -0.492 e. The van der Waals surface area contributed by atoms with Gasteiger partial charge in [-0.1, -0.05) is 25.4 Å². The lowest BCUT2D eigenvalue weighted by atomic mass is 9.77. The van der Waals surface area contributed by atoms with Gasteiger partial charge in [-0.25, -0.2) is 4.79 Å². The van der Waals surface area contributed by atoms with Gasteiger partial charge in [-0.3, -0.25) is 4.79 Å². The highest BCUT2D eigenvalue weighted by Crippen LogP contribution is 2.59. The van der Waals surface area contributed by atoms with E-state index >= 15 is 0 Å². The molecule has 4 rings (SSSR count). The van der Waals surface area contributed by atoms with Crippen molar-refractivity contribution in [2.24, 2.45) is 5.41 Å². The van der Waals surface area contributed by atoms with Crippen molar-refractivity contribution in [2.45, 2.75) is 45.1 Å². The molecule has 0 amide bonds. The lowest BCUT2D eigenvalue weighted by molar-refractivity contribution is 0.0693. The minimum atomic E-state index is -1.20. The highest BCUT2D eigenvalue weighted by Gasteiger charge is 2.47. The summed E-state index contributed by atoms with van der Waals surface area (Å²) in [7, 11) is 1.66. The van der Waals surface area contributed by atoms with Crippen molar-refractivity contribution in [3.63, 3.8) is 0 Å². The van der Waals surface area contributed by atoms with Crippen molar-refractivity contribution in [3.05, 3.63) is 50.8 Å². The van der Waals surface area contributed by atoms with E-state index in [0.717, 1.165) is 30.4 Å². The maximum absolute atomic E-state index is 12.5. The van der Waals surface area contributed by atoms with Gasteiger partial charge in [0.25, 0.3) is 0 Å². The lowest BCUT2D eigenvalue weighted by Gasteiger charge is -2.40. The molecule has 1 saturated carbocycles. The molecule has 2 heterocycles. The lowest BCUT2D eigenvalue weighted by Crippen LogP contribution is -2.32. The van der Waals surface area contributed by atoms with Gasteiger partial charge in [-0.2, -0.15) is 0 Å². The number of nitrogens with zero attached hydrogens (tertiary/aromatic N) is 1. The number of hydrogen-bond acceptors (Lipinski definition) is 4. The zero-order chi connectivity index (χ0) is 21.6. The van der Waals surface area contributed by atoms with E-state index in [2.05, 4.69) is 13.8 Å². The second kappa shape index (κ2) is 7.75. The number of aromatic nitrogens is 1. The molecule has 1 aromatic heterocycles. The van der Waals surface area contributed by atoms with Crippen LogP contribution in [0.2, 0.25) is 5.02 Å². The Balaban J connectivity index is 1.86. The summed E-state index contributed by atoms with van der Waals surface area (Å²) in [6.07, 6.45) is 4.25. The summed E-state index contributed by atoms with van der Waals surface area (Å²) >= 11 is 6.52. The summed E-state index contributed by atoms with van der Waals surface area (Å²) in [5, 5.41) is 9.95. The summed E-state index contributed by atoms with van der Waals surface area (Å²) < 4.78 is 13.0. The molecule has 1 aliphatic heterocycles. The predicted molar refractivity (Wildman–Crippen MR) is 115 cm³/mol. The summed E-state index contributed by atoms with van der Waals surface area (Å²) in [5.41, 5.74) is 1.96. The number of carboxylic acids is 1. The maximum atomic E-state index is 12.5. The number of pyridine rings is 1. The Labute approximate surface area is 180 Å². The number of ether oxygens (including phenoxy) is 2. The zero-order valence-electron chi connectivity index (χ0n) is 17.4. The van der Waals surface area contributed by atoms with Gasteiger partial charge < -0.3 is 19.1 Å². The third-order valence-corrected chi connectivity index (χ3v) is 6.72. The standard InChI is InChI=1S/C23H26ClNO5/c1-23(2)6-5-13-14-10-20(30-8-4-7-29-3)17(24)9-15(14)18-11-19(26)16(22(27)28)12-25(18)21(13)23/h9-13,21H,4-8H2,1-3H3,(H,27,28)/t13-,21?/m1/s1. The second-order valence-electron chi connectivity index (χ2n) is 8.79. The highest BCUT2D eigenvalue weighted by atomic mass is 35.5. The number of benzene rings is 1. The van der Waals surface area contributed by atoms with Crippen LogP contribution in [0.1, 0.15) is 61.0 Å². The van der Waals surface area contributed by atoms with Gasteiger partial charge in [-0.15, -0.1) is 0 Å². The van der Waals surface area contributed by atoms with Gasteiger partial charge in [0.2, 0.25) is 0 Å². The zero-order valence-corrected chi connectivity index (χ0v) is 18.2. The first-order chi connectivity index (χ1) is 14.2. The molecule has 0 bridgehead atoms. The molecule has 7 heteroatoms. The van der Waals surface area contributed by atoms with Crippen molar-refractivity contribution in [2.75, 3.05) is 20.3 Å². The Morgan fingerprint density at radius 1 is 1.30 bits per heavy atom. The molecule has 1 aliphatic carbocycles. The topological polar surface area (TPSA) is 77.8 Å². The normalized spacial score (nSPS) is 20.9. The summed E-state index contributed by atoms with van der Waals surface area (Å²) in [4.78, 5) is 24.1. The van der Waals surface area contributed by atoms with E-state index in [0.29, 0.717) is 29.7 Å². The van der Waals surface area contributed by atoms with Gasteiger partial charge in [0, 0.05) is 49.9 Å². The molecule has 0 radical (unpaired) electrons. The van der Waals surface area contributed by atoms with Gasteiger partial charge in [-0.05, 0) is 36.0 Å². The fourth-order valence-corrected chi connectivity index (χ4v) is 5.24. The number of aromatic carboxylic acids is 1. The molecule has 2 aromatic rings. The number of hydrogen-bond donors (Lipinski definition) is 1. The Morgan fingerprint density at radius 2 is 2.07 bits per heavy atom. The second-order valence-corrected chi connectivity index (χ2v) is 9.20. The molecule has 6 nitrogen and oxygen atoms in total. The first-order valence-electron chi connectivity index (χ1n) is 10.2. The van der Waals surface area contributed by atoms with E-state index in [4.69, 9.17) is 21.1 Å². The minimum absolute atomic E-state index is 0.0406. The number of methoxy groups -OCH3 is 1. The van der Waals surface area contributed by atoms with Crippen LogP contribution in [0, 0.1) is 5.41 Å². The van der Waals surface area contributed by atoms with Crippen molar-refractivity contribution < 1.29 is 19.4 Å². The van der Waals surface area contributed by atoms with E-state index in [1.54, 1.807) is 7.11 Å². The van der Waals surface area contributed by atoms with Crippen LogP contribution >= 0.6 is 11.6 Å². The summed E-state index contributed by atoms with van der Waals surface area (Å²) in [6, 6.07) is 5.34. The third-order valence-electron chi connectivity index (χ3n) is 6.42. The molecular formula is C23H26ClNO5. The SMILES string of the molecule is COCCCOc1cc2c(cc1Cl)-c1cc(=O)c(C(=O)O)cn1C1[C@@H]2CCC1(C)C. The quantitative estimate of drug-likeness (QED) is 0.668. The monoisotopic (exact) mass is 431 g/mol. The number of carboxylic acid groups (broad SMARTS) is 1. The van der Waals surface area contributed by atoms with E-state index in [1.807, 2.05) is 16.7 Å². The fraction of sp³-hybridized carbons (Fsp3) is 0.478. The largest absolute Gasteiger partial charge is 0.492 e. The van der Waals surface area contributed by atoms with Gasteiger partial charge >= 0.3 is 5.97 Å². The maximum Gasteiger partial charge on any atom is 0.341 e. The molecule has 160 valence electrons. The Bertz CT molecular complexity index is 1060. The molecule has 2 aliphatic rings. The fourth-order valence-electron chi connectivity index (χ4n) is 5.02. The number of rotatable bonds is 6. The van der Waals surface area contributed by atoms with Crippen LogP contribution in [0.25, 0.3) is 11.3 Å². The van der Waals surface area contributed by atoms with E-state index in [-0.39, 0.29) is 22.9 Å². The Morgan fingerprint density at radius 3 is 2.77 bits per heavy atom. The van der Waals surface area contributed by atoms with Crippen LogP contribution in [-0.2, 0) is 4.74 Å². The van der Waals surface area contributed by atoms with E-state index in [1.165, 1.54) is 12.3 Å². The van der Waals surface area contributed by atoms with Crippen LogP contribution < -0.4 is 10.2 Å². The first kappa shape index (κ1) is 20.9. The smallest absolute Gasteiger partial charge is 0.341 e. The number of carbonyl (C=O) groups is 1. The van der Waals surface area contributed by atoms with Crippen LogP contribution in [0.5, 0.6) is 5.75 Å².